The van der Waals surface area contributed by atoms with Gasteiger partial charge < -0.3 is 9.88 Å². The van der Waals surface area contributed by atoms with Gasteiger partial charge in [0.15, 0.2) is 0 Å². The number of halogens is 2. The van der Waals surface area contributed by atoms with Crippen LogP contribution in [0.15, 0.2) is 103 Å². The van der Waals surface area contributed by atoms with Crippen LogP contribution in [0.3, 0.4) is 0 Å². The molecular weight excluding hydrogens is 466 g/mol. The van der Waals surface area contributed by atoms with Crippen LogP contribution in [-0.2, 0) is 17.9 Å². The van der Waals surface area contributed by atoms with Gasteiger partial charge in [-0.1, -0.05) is 72.3 Å². The van der Waals surface area contributed by atoms with Crippen LogP contribution in [0.1, 0.15) is 40.2 Å². The van der Waals surface area contributed by atoms with Crippen molar-refractivity contribution in [2.24, 2.45) is 0 Å². The van der Waals surface area contributed by atoms with E-state index < -0.39 is 0 Å². The zero-order valence-corrected chi connectivity index (χ0v) is 20.6. The van der Waals surface area contributed by atoms with E-state index in [0.717, 1.165) is 38.7 Å². The number of rotatable bonds is 8. The Morgan fingerprint density at radius 1 is 0.838 bits per heavy atom. The average molecular weight is 495 g/mol. The Hall–Kier alpha value is -4.25. The van der Waals surface area contributed by atoms with Crippen LogP contribution in [0.2, 0.25) is 0 Å². The van der Waals surface area contributed by atoms with Gasteiger partial charge in [-0.25, -0.2) is 8.78 Å². The van der Waals surface area contributed by atoms with Gasteiger partial charge in [0.05, 0.1) is 0 Å². The molecule has 1 amide bonds. The monoisotopic (exact) mass is 494 g/mol. The van der Waals surface area contributed by atoms with Crippen molar-refractivity contribution in [1.82, 2.24) is 9.88 Å². The summed E-state index contributed by atoms with van der Waals surface area (Å²) in [6.45, 7) is 2.98. The second kappa shape index (κ2) is 10.8. The van der Waals surface area contributed by atoms with Crippen LogP contribution < -0.4 is 5.32 Å². The number of fused-ring (bicyclic) bond motifs is 1. The lowest BCUT2D eigenvalue weighted by molar-refractivity contribution is -0.121. The highest BCUT2D eigenvalue weighted by molar-refractivity contribution is 5.86. The molecule has 0 aliphatic rings. The fourth-order valence-corrected chi connectivity index (χ4v) is 4.82. The Kier molecular flexibility index (Phi) is 7.13. The third kappa shape index (κ3) is 5.78. The van der Waals surface area contributed by atoms with Gasteiger partial charge in [0.1, 0.15) is 11.6 Å². The number of para-hydroxylation sites is 1. The number of nitrogens with one attached hydrogen (secondary N) is 1. The zero-order valence-electron chi connectivity index (χ0n) is 20.6. The van der Waals surface area contributed by atoms with Gasteiger partial charge in [0, 0.05) is 42.5 Å². The maximum atomic E-state index is 13.5. The fraction of sp³-hybridized carbons (Fsp3) is 0.156. The molecule has 1 atom stereocenters. The van der Waals surface area contributed by atoms with Gasteiger partial charge in [-0.15, -0.1) is 0 Å². The summed E-state index contributed by atoms with van der Waals surface area (Å²) in [7, 11) is 0. The van der Waals surface area contributed by atoms with Crippen LogP contribution in [0.5, 0.6) is 0 Å². The van der Waals surface area contributed by atoms with Gasteiger partial charge in [0.25, 0.3) is 0 Å². The van der Waals surface area contributed by atoms with E-state index in [4.69, 9.17) is 0 Å². The summed E-state index contributed by atoms with van der Waals surface area (Å²) in [6, 6.07) is 29.1. The number of hydrogen-bond donors (Lipinski definition) is 1. The van der Waals surface area contributed by atoms with Crippen LogP contribution in [0.4, 0.5) is 8.78 Å². The normalized spacial score (nSPS) is 12.0. The van der Waals surface area contributed by atoms with Crippen LogP contribution in [-0.4, -0.2) is 10.5 Å². The first-order chi connectivity index (χ1) is 18.0. The van der Waals surface area contributed by atoms with Gasteiger partial charge >= 0.3 is 0 Å². The molecule has 5 rings (SSSR count). The molecule has 5 aromatic rings. The fourth-order valence-electron chi connectivity index (χ4n) is 4.82. The molecule has 4 aromatic carbocycles. The molecule has 0 radical (unpaired) electrons. The average Bonchev–Trinajstić information content (AvgIpc) is 3.26. The first kappa shape index (κ1) is 24.4. The summed E-state index contributed by atoms with van der Waals surface area (Å²) in [5.41, 5.74) is 6.17. The smallest absolute Gasteiger partial charge is 0.221 e. The highest BCUT2D eigenvalue weighted by Crippen LogP contribution is 2.35. The molecule has 0 unspecified atom stereocenters. The Bertz CT molecular complexity index is 1520. The molecule has 0 saturated heterocycles. The summed E-state index contributed by atoms with van der Waals surface area (Å²) in [5, 5.41) is 4.08. The first-order valence-electron chi connectivity index (χ1n) is 12.4. The van der Waals surface area contributed by atoms with E-state index in [-0.39, 0.29) is 29.9 Å². The molecule has 1 N–H and O–H groups in total. The van der Waals surface area contributed by atoms with E-state index in [1.807, 2.05) is 31.2 Å². The number of nitrogens with zero attached hydrogens (tertiary/aromatic N) is 1. The Morgan fingerprint density at radius 3 is 2.22 bits per heavy atom. The van der Waals surface area contributed by atoms with E-state index in [1.54, 1.807) is 24.3 Å². The maximum absolute atomic E-state index is 13.5. The number of hydrogen-bond acceptors (Lipinski definition) is 1. The molecule has 1 aromatic heterocycles. The van der Waals surface area contributed by atoms with Gasteiger partial charge in [0.2, 0.25) is 5.91 Å². The van der Waals surface area contributed by atoms with E-state index in [9.17, 15) is 13.6 Å². The van der Waals surface area contributed by atoms with Crippen molar-refractivity contribution in [3.05, 3.63) is 143 Å². The number of aryl methyl sites for hydroxylation is 1. The van der Waals surface area contributed by atoms with Crippen molar-refractivity contribution in [1.29, 1.82) is 0 Å². The Morgan fingerprint density at radius 2 is 1.51 bits per heavy atom. The summed E-state index contributed by atoms with van der Waals surface area (Å²) in [5.74, 6) is -0.793. The molecule has 5 heteroatoms. The van der Waals surface area contributed by atoms with Gasteiger partial charge in [-0.2, -0.15) is 0 Å². The number of carbonyl (C=O) groups is 1. The topological polar surface area (TPSA) is 34.0 Å². The third-order valence-corrected chi connectivity index (χ3v) is 6.70. The van der Waals surface area contributed by atoms with Crippen molar-refractivity contribution in [3.63, 3.8) is 0 Å². The van der Waals surface area contributed by atoms with Gasteiger partial charge in [-0.05, 0) is 59.5 Å². The number of benzene rings is 4. The van der Waals surface area contributed by atoms with Crippen LogP contribution in [0, 0.1) is 18.6 Å². The van der Waals surface area contributed by atoms with Crippen molar-refractivity contribution in [2.45, 2.75) is 32.4 Å². The van der Waals surface area contributed by atoms with Crippen LogP contribution >= 0.6 is 0 Å². The highest BCUT2D eigenvalue weighted by atomic mass is 19.1. The molecule has 0 aliphatic heterocycles. The third-order valence-electron chi connectivity index (χ3n) is 6.70. The second-order valence-corrected chi connectivity index (χ2v) is 9.43. The molecule has 0 bridgehead atoms. The zero-order chi connectivity index (χ0) is 25.8. The quantitative estimate of drug-likeness (QED) is 0.245. The summed E-state index contributed by atoms with van der Waals surface area (Å²) in [4.78, 5) is 13.2. The Labute approximate surface area is 215 Å². The molecule has 37 heavy (non-hydrogen) atoms. The lowest BCUT2D eigenvalue weighted by Gasteiger charge is -2.18. The Balaban J connectivity index is 1.48. The molecular formula is C32H28F2N2O. The standard InChI is InChI=1S/C32H28F2N2O/c1-22-5-4-6-25(17-22)29(18-32(37)35-19-23-9-13-26(33)14-10-23)30-21-36(31-8-3-2-7-28(30)31)20-24-11-15-27(34)16-12-24/h2-17,21,29H,18-20H2,1H3,(H,35,37)/t29-/m1/s1. The minimum Gasteiger partial charge on any atom is -0.352 e. The van der Waals surface area contributed by atoms with Crippen molar-refractivity contribution in [2.75, 3.05) is 0 Å². The largest absolute Gasteiger partial charge is 0.352 e. The molecule has 186 valence electrons. The van der Waals surface area contributed by atoms with E-state index in [2.05, 4.69) is 40.3 Å². The molecule has 0 aliphatic carbocycles. The summed E-state index contributed by atoms with van der Waals surface area (Å²) >= 11 is 0. The summed E-state index contributed by atoms with van der Waals surface area (Å²) in [6.07, 6.45) is 2.39. The first-order valence-corrected chi connectivity index (χ1v) is 12.4. The molecule has 0 spiro atoms. The molecule has 3 nitrogen and oxygen atoms in total. The van der Waals surface area contributed by atoms with Crippen molar-refractivity contribution >= 4 is 16.8 Å². The van der Waals surface area contributed by atoms with E-state index >= 15 is 0 Å². The van der Waals surface area contributed by atoms with E-state index in [1.165, 1.54) is 24.3 Å². The minimum absolute atomic E-state index is 0.0776. The lowest BCUT2D eigenvalue weighted by Crippen LogP contribution is -2.25. The summed E-state index contributed by atoms with van der Waals surface area (Å²) < 4.78 is 28.9. The number of aromatic nitrogens is 1. The molecule has 0 saturated carbocycles. The van der Waals surface area contributed by atoms with Gasteiger partial charge in [-0.3, -0.25) is 4.79 Å². The van der Waals surface area contributed by atoms with Crippen molar-refractivity contribution < 1.29 is 13.6 Å². The highest BCUT2D eigenvalue weighted by Gasteiger charge is 2.23. The molecule has 1 heterocycles. The SMILES string of the molecule is Cc1cccc([C@@H](CC(=O)NCc2ccc(F)cc2)c2cn(Cc3ccc(F)cc3)c3ccccc23)c1. The number of amides is 1. The van der Waals surface area contributed by atoms with E-state index in [0.29, 0.717) is 13.1 Å². The minimum atomic E-state index is -0.299. The predicted octanol–water partition coefficient (Wildman–Crippen LogP) is 7.11. The lowest BCUT2D eigenvalue weighted by atomic mass is 9.87. The maximum Gasteiger partial charge on any atom is 0.221 e. The predicted molar refractivity (Wildman–Crippen MR) is 143 cm³/mol. The second-order valence-electron chi connectivity index (χ2n) is 9.43. The van der Waals surface area contributed by atoms with Crippen LogP contribution in [0.25, 0.3) is 10.9 Å². The molecule has 0 fully saturated rings. The number of carbonyl (C=O) groups excluding carboxylic acids is 1. The van der Waals surface area contributed by atoms with Crippen molar-refractivity contribution in [3.8, 4) is 0 Å².